The quantitative estimate of drug-likeness (QED) is 0.875. The van der Waals surface area contributed by atoms with E-state index in [9.17, 15) is 0 Å². The van der Waals surface area contributed by atoms with Crippen molar-refractivity contribution in [1.82, 2.24) is 4.98 Å². The van der Waals surface area contributed by atoms with Crippen LogP contribution in [-0.2, 0) is 0 Å². The number of anilines is 1. The van der Waals surface area contributed by atoms with Crippen molar-refractivity contribution in [3.8, 4) is 0 Å². The Balaban J connectivity index is 2.08. The Labute approximate surface area is 112 Å². The second-order valence-corrected chi connectivity index (χ2v) is 6.23. The van der Waals surface area contributed by atoms with Crippen LogP contribution >= 0.6 is 15.9 Å². The molecule has 3 atom stereocenters. The number of aromatic nitrogens is 1. The summed E-state index contributed by atoms with van der Waals surface area (Å²) in [7, 11) is 0. The predicted octanol–water partition coefficient (Wildman–Crippen LogP) is 4.39. The molecule has 1 fully saturated rings. The number of halogens is 1. The van der Waals surface area contributed by atoms with Crippen molar-refractivity contribution in [2.45, 2.75) is 46.1 Å². The number of pyridine rings is 1. The monoisotopic (exact) mass is 296 g/mol. The highest BCUT2D eigenvalue weighted by Crippen LogP contribution is 2.32. The van der Waals surface area contributed by atoms with Gasteiger partial charge in [-0.3, -0.25) is 0 Å². The number of nitrogens with zero attached hydrogens (tertiary/aromatic N) is 1. The van der Waals surface area contributed by atoms with Gasteiger partial charge in [-0.1, -0.05) is 13.8 Å². The van der Waals surface area contributed by atoms with Crippen LogP contribution in [0.3, 0.4) is 0 Å². The van der Waals surface area contributed by atoms with Crippen LogP contribution in [0.1, 0.15) is 38.7 Å². The zero-order chi connectivity index (χ0) is 12.4. The van der Waals surface area contributed by atoms with E-state index in [1.807, 2.05) is 12.3 Å². The Morgan fingerprint density at radius 2 is 2.12 bits per heavy atom. The van der Waals surface area contributed by atoms with Crippen molar-refractivity contribution in [2.24, 2.45) is 11.8 Å². The molecule has 1 N–H and O–H groups in total. The minimum Gasteiger partial charge on any atom is -0.366 e. The van der Waals surface area contributed by atoms with Crippen LogP contribution in [0.25, 0.3) is 0 Å². The van der Waals surface area contributed by atoms with Crippen molar-refractivity contribution in [1.29, 1.82) is 0 Å². The van der Waals surface area contributed by atoms with E-state index in [2.05, 4.69) is 47.0 Å². The van der Waals surface area contributed by atoms with Gasteiger partial charge in [0, 0.05) is 12.2 Å². The van der Waals surface area contributed by atoms with Crippen molar-refractivity contribution < 1.29 is 0 Å². The zero-order valence-electron chi connectivity index (χ0n) is 10.8. The van der Waals surface area contributed by atoms with Crippen molar-refractivity contribution >= 4 is 21.7 Å². The van der Waals surface area contributed by atoms with Gasteiger partial charge in [0.05, 0.1) is 4.47 Å². The van der Waals surface area contributed by atoms with Gasteiger partial charge < -0.3 is 5.32 Å². The van der Waals surface area contributed by atoms with Crippen LogP contribution < -0.4 is 5.32 Å². The zero-order valence-corrected chi connectivity index (χ0v) is 12.4. The molecule has 17 heavy (non-hydrogen) atoms. The summed E-state index contributed by atoms with van der Waals surface area (Å²) in [5, 5.41) is 3.60. The van der Waals surface area contributed by atoms with Crippen molar-refractivity contribution in [2.75, 3.05) is 5.32 Å². The van der Waals surface area contributed by atoms with Gasteiger partial charge in [-0.2, -0.15) is 0 Å². The van der Waals surface area contributed by atoms with Gasteiger partial charge in [0.2, 0.25) is 0 Å². The van der Waals surface area contributed by atoms with Crippen LogP contribution in [0.15, 0.2) is 16.7 Å². The van der Waals surface area contributed by atoms with E-state index < -0.39 is 0 Å². The van der Waals surface area contributed by atoms with Crippen molar-refractivity contribution in [3.05, 3.63) is 22.3 Å². The van der Waals surface area contributed by atoms with Gasteiger partial charge in [0.1, 0.15) is 5.82 Å². The Kier molecular flexibility index (Phi) is 4.08. The first-order valence-corrected chi connectivity index (χ1v) is 7.25. The lowest BCUT2D eigenvalue weighted by molar-refractivity contribution is 0.276. The maximum absolute atomic E-state index is 4.43. The molecule has 3 heteroatoms. The van der Waals surface area contributed by atoms with E-state index in [1.165, 1.54) is 24.8 Å². The topological polar surface area (TPSA) is 24.9 Å². The van der Waals surface area contributed by atoms with E-state index in [0.717, 1.165) is 22.1 Å². The lowest BCUT2D eigenvalue weighted by Gasteiger charge is -2.33. The van der Waals surface area contributed by atoms with Gasteiger partial charge in [-0.25, -0.2) is 4.98 Å². The molecular weight excluding hydrogens is 276 g/mol. The van der Waals surface area contributed by atoms with E-state index in [1.54, 1.807) is 0 Å². The first-order chi connectivity index (χ1) is 8.08. The van der Waals surface area contributed by atoms with Gasteiger partial charge >= 0.3 is 0 Å². The van der Waals surface area contributed by atoms with E-state index in [-0.39, 0.29) is 0 Å². The third kappa shape index (κ3) is 3.01. The summed E-state index contributed by atoms with van der Waals surface area (Å²) in [6.45, 7) is 6.80. The molecular formula is C14H21BrN2. The molecule has 0 bridgehead atoms. The smallest absolute Gasteiger partial charge is 0.140 e. The summed E-state index contributed by atoms with van der Waals surface area (Å²) in [5.74, 6) is 2.60. The van der Waals surface area contributed by atoms with Crippen LogP contribution in [0.2, 0.25) is 0 Å². The molecule has 0 aliphatic heterocycles. The van der Waals surface area contributed by atoms with Crippen LogP contribution in [-0.4, -0.2) is 11.0 Å². The molecule has 0 amide bonds. The Morgan fingerprint density at radius 1 is 1.35 bits per heavy atom. The molecule has 2 nitrogen and oxygen atoms in total. The molecule has 1 aliphatic rings. The summed E-state index contributed by atoms with van der Waals surface area (Å²) in [5.41, 5.74) is 1.24. The summed E-state index contributed by atoms with van der Waals surface area (Å²) < 4.78 is 1.10. The predicted molar refractivity (Wildman–Crippen MR) is 76.3 cm³/mol. The highest BCUT2D eigenvalue weighted by atomic mass is 79.9. The molecule has 0 aromatic carbocycles. The van der Waals surface area contributed by atoms with Gasteiger partial charge in [-0.05, 0) is 65.6 Å². The minimum absolute atomic E-state index is 0.566. The summed E-state index contributed by atoms with van der Waals surface area (Å²) >= 11 is 3.61. The van der Waals surface area contributed by atoms with Crippen LogP contribution in [0.4, 0.5) is 5.82 Å². The van der Waals surface area contributed by atoms with Crippen LogP contribution in [0, 0.1) is 18.8 Å². The molecule has 1 aromatic rings. The molecule has 1 heterocycles. The van der Waals surface area contributed by atoms with Gasteiger partial charge in [0.25, 0.3) is 0 Å². The highest BCUT2D eigenvalue weighted by molar-refractivity contribution is 9.10. The van der Waals surface area contributed by atoms with Crippen LogP contribution in [0.5, 0.6) is 0 Å². The third-order valence-electron chi connectivity index (χ3n) is 3.84. The fourth-order valence-corrected chi connectivity index (χ4v) is 3.05. The third-order valence-corrected chi connectivity index (χ3v) is 4.84. The first kappa shape index (κ1) is 12.9. The number of hydrogen-bond acceptors (Lipinski definition) is 2. The first-order valence-electron chi connectivity index (χ1n) is 6.45. The molecule has 1 aliphatic carbocycles. The molecule has 94 valence electrons. The second-order valence-electron chi connectivity index (χ2n) is 5.44. The molecule has 0 radical (unpaired) electrons. The number of rotatable bonds is 2. The summed E-state index contributed by atoms with van der Waals surface area (Å²) in [4.78, 5) is 4.43. The SMILES string of the molecule is Cc1ccnc(NC2CCC(C)CC2C)c1Br. The minimum atomic E-state index is 0.566. The number of nitrogens with one attached hydrogen (secondary N) is 1. The van der Waals surface area contributed by atoms with Crippen molar-refractivity contribution in [3.63, 3.8) is 0 Å². The average molecular weight is 297 g/mol. The lowest BCUT2D eigenvalue weighted by Crippen LogP contribution is -2.33. The maximum atomic E-state index is 4.43. The number of aryl methyl sites for hydroxylation is 1. The average Bonchev–Trinajstić information content (AvgIpc) is 2.28. The Bertz CT molecular complexity index is 392. The fraction of sp³-hybridized carbons (Fsp3) is 0.643. The molecule has 3 unspecified atom stereocenters. The Hall–Kier alpha value is -0.570. The van der Waals surface area contributed by atoms with E-state index >= 15 is 0 Å². The molecule has 1 aromatic heterocycles. The Morgan fingerprint density at radius 3 is 2.82 bits per heavy atom. The molecule has 0 saturated heterocycles. The molecule has 1 saturated carbocycles. The largest absolute Gasteiger partial charge is 0.366 e. The molecule has 2 rings (SSSR count). The van der Waals surface area contributed by atoms with Gasteiger partial charge in [-0.15, -0.1) is 0 Å². The summed E-state index contributed by atoms with van der Waals surface area (Å²) in [6, 6.07) is 2.60. The van der Waals surface area contributed by atoms with Gasteiger partial charge in [0.15, 0.2) is 0 Å². The highest BCUT2D eigenvalue weighted by Gasteiger charge is 2.25. The second kappa shape index (κ2) is 5.38. The van der Waals surface area contributed by atoms with E-state index in [0.29, 0.717) is 6.04 Å². The summed E-state index contributed by atoms with van der Waals surface area (Å²) in [6.07, 6.45) is 5.77. The standard InChI is InChI=1S/C14H21BrN2/c1-9-4-5-12(11(3)8-9)17-14-13(15)10(2)6-7-16-14/h6-7,9,11-12H,4-5,8H2,1-3H3,(H,16,17). The number of hydrogen-bond donors (Lipinski definition) is 1. The van der Waals surface area contributed by atoms with E-state index in [4.69, 9.17) is 0 Å². The lowest BCUT2D eigenvalue weighted by atomic mass is 9.80. The molecule has 0 spiro atoms. The normalized spacial score (nSPS) is 29.1. The maximum Gasteiger partial charge on any atom is 0.140 e. The fourth-order valence-electron chi connectivity index (χ4n) is 2.70.